The highest BCUT2D eigenvalue weighted by atomic mass is 32.1. The SMILES string of the molecule is Cc1nn(-c2ccccc2)c(N2CCCCC2)c1C=C(c1nc2ccccc2s1)c1nc2ccccc2s1. The van der Waals surface area contributed by atoms with Gasteiger partial charge >= 0.3 is 0 Å². The van der Waals surface area contributed by atoms with Gasteiger partial charge in [-0.3, -0.25) is 0 Å². The van der Waals surface area contributed by atoms with Crippen molar-refractivity contribution >= 4 is 60.6 Å². The van der Waals surface area contributed by atoms with Crippen LogP contribution in [0.3, 0.4) is 0 Å². The molecule has 1 aliphatic heterocycles. The molecule has 3 aromatic carbocycles. The van der Waals surface area contributed by atoms with E-state index in [9.17, 15) is 0 Å². The van der Waals surface area contributed by atoms with Gasteiger partial charge in [0.05, 0.1) is 31.8 Å². The van der Waals surface area contributed by atoms with Gasteiger partial charge in [0.15, 0.2) is 0 Å². The molecule has 0 radical (unpaired) electrons. The van der Waals surface area contributed by atoms with E-state index >= 15 is 0 Å². The Labute approximate surface area is 229 Å². The molecule has 0 aliphatic carbocycles. The number of nitrogens with zero attached hydrogens (tertiary/aromatic N) is 5. The van der Waals surface area contributed by atoms with E-state index < -0.39 is 0 Å². The van der Waals surface area contributed by atoms with Crippen molar-refractivity contribution in [1.29, 1.82) is 0 Å². The maximum Gasteiger partial charge on any atom is 0.139 e. The molecule has 6 aromatic rings. The fourth-order valence-corrected chi connectivity index (χ4v) is 7.22. The molecular weight excluding hydrogens is 507 g/mol. The summed E-state index contributed by atoms with van der Waals surface area (Å²) >= 11 is 3.45. The molecule has 0 unspecified atom stereocenters. The second-order valence-electron chi connectivity index (χ2n) is 9.65. The molecule has 188 valence electrons. The standard InChI is InChI=1S/C31H27N5S2/c1-21-23(31(35-18-10-3-11-19-35)36(34-21)22-12-4-2-5-13-22)20-24(29-32-25-14-6-8-16-27(25)37-29)30-33-26-15-7-9-17-28(26)38-30/h2,4-9,12-17,20H,3,10-11,18-19H2,1H3. The lowest BCUT2D eigenvalue weighted by molar-refractivity contribution is 0.567. The average molecular weight is 534 g/mol. The first-order valence-corrected chi connectivity index (χ1v) is 14.7. The smallest absolute Gasteiger partial charge is 0.139 e. The Balaban J connectivity index is 1.47. The molecule has 38 heavy (non-hydrogen) atoms. The van der Waals surface area contributed by atoms with Crippen molar-refractivity contribution in [2.75, 3.05) is 18.0 Å². The van der Waals surface area contributed by atoms with Gasteiger partial charge in [0.1, 0.15) is 15.8 Å². The maximum atomic E-state index is 5.08. The van der Waals surface area contributed by atoms with Gasteiger partial charge in [-0.05, 0) is 68.7 Å². The number of anilines is 1. The van der Waals surface area contributed by atoms with Gasteiger partial charge in [-0.15, -0.1) is 22.7 Å². The number of aryl methyl sites for hydroxylation is 1. The fourth-order valence-electron chi connectivity index (χ4n) is 5.19. The normalized spacial score (nSPS) is 13.9. The highest BCUT2D eigenvalue weighted by Gasteiger charge is 2.25. The number of hydrogen-bond donors (Lipinski definition) is 0. The third-order valence-corrected chi connectivity index (χ3v) is 9.21. The van der Waals surface area contributed by atoms with E-state index in [1.807, 2.05) is 0 Å². The van der Waals surface area contributed by atoms with Gasteiger partial charge in [0, 0.05) is 24.2 Å². The Morgan fingerprint density at radius 3 is 1.92 bits per heavy atom. The number of para-hydroxylation sites is 3. The average Bonchev–Trinajstić information content (AvgIpc) is 3.67. The van der Waals surface area contributed by atoms with Crippen molar-refractivity contribution in [3.8, 4) is 5.69 Å². The highest BCUT2D eigenvalue weighted by molar-refractivity contribution is 7.22. The van der Waals surface area contributed by atoms with Gasteiger partial charge in [-0.2, -0.15) is 5.10 Å². The monoisotopic (exact) mass is 533 g/mol. The van der Waals surface area contributed by atoms with Crippen LogP contribution in [0.4, 0.5) is 5.82 Å². The van der Waals surface area contributed by atoms with Crippen LogP contribution >= 0.6 is 22.7 Å². The van der Waals surface area contributed by atoms with Crippen molar-refractivity contribution in [1.82, 2.24) is 19.7 Å². The van der Waals surface area contributed by atoms with Crippen molar-refractivity contribution < 1.29 is 0 Å². The van der Waals surface area contributed by atoms with Crippen LogP contribution in [0.2, 0.25) is 0 Å². The first-order valence-electron chi connectivity index (χ1n) is 13.1. The zero-order valence-corrected chi connectivity index (χ0v) is 22.8. The quantitative estimate of drug-likeness (QED) is 0.225. The van der Waals surface area contributed by atoms with E-state index in [0.717, 1.165) is 62.5 Å². The molecule has 4 heterocycles. The second-order valence-corrected chi connectivity index (χ2v) is 11.7. The van der Waals surface area contributed by atoms with E-state index in [-0.39, 0.29) is 0 Å². The molecule has 0 amide bonds. The molecule has 1 saturated heterocycles. The van der Waals surface area contributed by atoms with Crippen molar-refractivity contribution in [2.45, 2.75) is 26.2 Å². The van der Waals surface area contributed by atoms with Gasteiger partial charge in [0.25, 0.3) is 0 Å². The molecular formula is C31H27N5S2. The summed E-state index contributed by atoms with van der Waals surface area (Å²) in [5.41, 5.74) is 6.33. The van der Waals surface area contributed by atoms with Crippen LogP contribution < -0.4 is 4.90 Å². The molecule has 0 bridgehead atoms. The van der Waals surface area contributed by atoms with Crippen LogP contribution in [-0.2, 0) is 0 Å². The van der Waals surface area contributed by atoms with E-state index in [0.29, 0.717) is 0 Å². The second kappa shape index (κ2) is 9.82. The number of rotatable bonds is 5. The lowest BCUT2D eigenvalue weighted by Gasteiger charge is -2.30. The molecule has 7 rings (SSSR count). The molecule has 3 aromatic heterocycles. The molecule has 0 N–H and O–H groups in total. The minimum absolute atomic E-state index is 0.988. The number of piperidine rings is 1. The molecule has 7 heteroatoms. The van der Waals surface area contributed by atoms with Crippen molar-refractivity contribution in [3.05, 3.63) is 100 Å². The Bertz CT molecular complexity index is 1630. The Morgan fingerprint density at radius 1 is 0.737 bits per heavy atom. The van der Waals surface area contributed by atoms with Crippen molar-refractivity contribution in [2.24, 2.45) is 0 Å². The van der Waals surface area contributed by atoms with Gasteiger partial charge in [-0.1, -0.05) is 42.5 Å². The number of hydrogen-bond acceptors (Lipinski definition) is 6. The summed E-state index contributed by atoms with van der Waals surface area (Å²) in [5.74, 6) is 1.16. The number of thiazole rings is 2. The van der Waals surface area contributed by atoms with Crippen LogP contribution in [0.1, 0.15) is 40.5 Å². The minimum Gasteiger partial charge on any atom is -0.356 e. The van der Waals surface area contributed by atoms with Gasteiger partial charge in [0.2, 0.25) is 0 Å². The third kappa shape index (κ3) is 4.22. The number of benzene rings is 3. The molecule has 5 nitrogen and oxygen atoms in total. The summed E-state index contributed by atoms with van der Waals surface area (Å²) < 4.78 is 4.49. The van der Waals surface area contributed by atoms with Crippen LogP contribution in [0.25, 0.3) is 37.8 Å². The lowest BCUT2D eigenvalue weighted by Crippen LogP contribution is -2.31. The Hall–Kier alpha value is -3.81. The third-order valence-electron chi connectivity index (χ3n) is 7.07. The van der Waals surface area contributed by atoms with Gasteiger partial charge in [-0.25, -0.2) is 14.6 Å². The first kappa shape index (κ1) is 23.3. The largest absolute Gasteiger partial charge is 0.356 e. The lowest BCUT2D eigenvalue weighted by atomic mass is 10.1. The molecule has 0 spiro atoms. The van der Waals surface area contributed by atoms with E-state index in [1.54, 1.807) is 22.7 Å². The summed E-state index contributed by atoms with van der Waals surface area (Å²) in [6.07, 6.45) is 5.97. The fraction of sp³-hybridized carbons (Fsp3) is 0.194. The zero-order valence-electron chi connectivity index (χ0n) is 21.2. The number of fused-ring (bicyclic) bond motifs is 2. The van der Waals surface area contributed by atoms with Crippen molar-refractivity contribution in [3.63, 3.8) is 0 Å². The van der Waals surface area contributed by atoms with Crippen LogP contribution in [0.5, 0.6) is 0 Å². The molecule has 1 fully saturated rings. The summed E-state index contributed by atoms with van der Waals surface area (Å²) in [4.78, 5) is 12.6. The number of aromatic nitrogens is 4. The highest BCUT2D eigenvalue weighted by Crippen LogP contribution is 2.39. The molecule has 0 atom stereocenters. The predicted molar refractivity (Wildman–Crippen MR) is 161 cm³/mol. The van der Waals surface area contributed by atoms with Crippen LogP contribution in [0.15, 0.2) is 78.9 Å². The first-order chi connectivity index (χ1) is 18.7. The van der Waals surface area contributed by atoms with E-state index in [2.05, 4.69) is 101 Å². The summed E-state index contributed by atoms with van der Waals surface area (Å²) in [7, 11) is 0. The Morgan fingerprint density at radius 2 is 1.32 bits per heavy atom. The van der Waals surface area contributed by atoms with Crippen LogP contribution in [-0.4, -0.2) is 32.8 Å². The van der Waals surface area contributed by atoms with Crippen LogP contribution in [0, 0.1) is 6.92 Å². The Kier molecular flexibility index (Phi) is 6.02. The summed E-state index contributed by atoms with van der Waals surface area (Å²) in [5, 5.41) is 7.05. The minimum atomic E-state index is 0.988. The summed E-state index contributed by atoms with van der Waals surface area (Å²) in [6, 6.07) is 27.2. The summed E-state index contributed by atoms with van der Waals surface area (Å²) in [6.45, 7) is 4.19. The van der Waals surface area contributed by atoms with E-state index in [1.165, 1.54) is 28.7 Å². The van der Waals surface area contributed by atoms with E-state index in [4.69, 9.17) is 15.1 Å². The zero-order chi connectivity index (χ0) is 25.5. The van der Waals surface area contributed by atoms with Gasteiger partial charge < -0.3 is 4.90 Å². The predicted octanol–water partition coefficient (Wildman–Crippen LogP) is 7.98. The maximum absolute atomic E-state index is 5.08. The molecule has 0 saturated carbocycles. The molecule has 1 aliphatic rings. The topological polar surface area (TPSA) is 46.8 Å².